The molecule has 0 aliphatic carbocycles. The smallest absolute Gasteiger partial charge is 0.101 e. The predicted molar refractivity (Wildman–Crippen MR) is 70.5 cm³/mol. The van der Waals surface area contributed by atoms with Gasteiger partial charge in [-0.25, -0.2) is 0 Å². The zero-order valence-corrected chi connectivity index (χ0v) is 10.7. The lowest BCUT2D eigenvalue weighted by molar-refractivity contribution is 0.621. The summed E-state index contributed by atoms with van der Waals surface area (Å²) in [5.74, 6) is 0. The molecule has 2 rings (SSSR count). The lowest BCUT2D eigenvalue weighted by Crippen LogP contribution is -2.31. The molecule has 0 N–H and O–H groups in total. The minimum atomic E-state index is -0.00980. The second kappa shape index (κ2) is 5.18. The molecule has 2 atom stereocenters. The van der Waals surface area contributed by atoms with Gasteiger partial charge in [-0.15, -0.1) is 0 Å². The fourth-order valence-electron chi connectivity index (χ4n) is 2.28. The van der Waals surface area contributed by atoms with Crippen LogP contribution in [0.15, 0.2) is 23.3 Å². The first-order valence-corrected chi connectivity index (χ1v) is 6.05. The first-order chi connectivity index (χ1) is 8.67. The van der Waals surface area contributed by atoms with Gasteiger partial charge in [-0.05, 0) is 37.1 Å². The van der Waals surface area contributed by atoms with Gasteiger partial charge in [0.05, 0.1) is 16.6 Å². The third kappa shape index (κ3) is 2.21. The third-order valence-electron chi connectivity index (χ3n) is 3.32. The molecule has 0 saturated carbocycles. The average Bonchev–Trinajstić information content (AvgIpc) is 2.72. The predicted octanol–water partition coefficient (Wildman–Crippen LogP) is 3.49. The van der Waals surface area contributed by atoms with Crippen LogP contribution in [0.2, 0.25) is 5.02 Å². The highest BCUT2D eigenvalue weighted by Gasteiger charge is 2.30. The van der Waals surface area contributed by atoms with E-state index < -0.39 is 0 Å². The van der Waals surface area contributed by atoms with Crippen LogP contribution in [0.4, 0.5) is 5.69 Å². The monoisotopic (exact) mass is 261 g/mol. The van der Waals surface area contributed by atoms with Crippen LogP contribution >= 0.6 is 11.6 Å². The van der Waals surface area contributed by atoms with E-state index >= 15 is 0 Å². The molecule has 0 spiro atoms. The standard InChI is InChI=1S/C12H12ClN5/c1-8-12(16-17-15)4-5-18(8)10-3-2-9(7-14)11(13)6-10/h2-3,6,8,12H,4-5H2,1H3/t8-,12?/m0/s1. The Morgan fingerprint density at radius 1 is 1.61 bits per heavy atom. The molecule has 6 heteroatoms. The minimum Gasteiger partial charge on any atom is -0.368 e. The summed E-state index contributed by atoms with van der Waals surface area (Å²) in [7, 11) is 0. The van der Waals surface area contributed by atoms with E-state index in [4.69, 9.17) is 22.4 Å². The van der Waals surface area contributed by atoms with E-state index in [-0.39, 0.29) is 12.1 Å². The Balaban J connectivity index is 2.26. The Labute approximate surface area is 110 Å². The molecule has 5 nitrogen and oxygen atoms in total. The van der Waals surface area contributed by atoms with E-state index in [0.29, 0.717) is 10.6 Å². The summed E-state index contributed by atoms with van der Waals surface area (Å²) in [5.41, 5.74) is 9.93. The van der Waals surface area contributed by atoms with Gasteiger partial charge in [0.25, 0.3) is 0 Å². The van der Waals surface area contributed by atoms with E-state index in [9.17, 15) is 0 Å². The van der Waals surface area contributed by atoms with E-state index in [2.05, 4.69) is 14.9 Å². The number of hydrogen-bond donors (Lipinski definition) is 0. The summed E-state index contributed by atoms with van der Waals surface area (Å²) in [4.78, 5) is 5.02. The molecular formula is C12H12ClN5. The zero-order chi connectivity index (χ0) is 13.1. The molecule has 0 amide bonds. The maximum Gasteiger partial charge on any atom is 0.101 e. The maximum absolute atomic E-state index is 8.84. The van der Waals surface area contributed by atoms with Gasteiger partial charge in [0.1, 0.15) is 6.07 Å². The summed E-state index contributed by atoms with van der Waals surface area (Å²) in [6.45, 7) is 2.85. The lowest BCUT2D eigenvalue weighted by atomic mass is 10.1. The number of halogens is 1. The van der Waals surface area contributed by atoms with Crippen LogP contribution in [0.5, 0.6) is 0 Å². The summed E-state index contributed by atoms with van der Waals surface area (Å²) < 4.78 is 0. The van der Waals surface area contributed by atoms with Crippen LogP contribution in [0.3, 0.4) is 0 Å². The van der Waals surface area contributed by atoms with E-state index in [1.807, 2.05) is 19.1 Å². The van der Waals surface area contributed by atoms with Gasteiger partial charge in [-0.1, -0.05) is 16.7 Å². The quantitative estimate of drug-likeness (QED) is 0.464. The number of nitrogens with zero attached hydrogens (tertiary/aromatic N) is 5. The van der Waals surface area contributed by atoms with E-state index in [1.165, 1.54) is 0 Å². The van der Waals surface area contributed by atoms with Gasteiger partial charge in [-0.2, -0.15) is 5.26 Å². The second-order valence-electron chi connectivity index (χ2n) is 4.27. The largest absolute Gasteiger partial charge is 0.368 e. The normalized spacial score (nSPS) is 22.4. The number of rotatable bonds is 2. The first-order valence-electron chi connectivity index (χ1n) is 5.68. The van der Waals surface area contributed by atoms with E-state index in [1.54, 1.807) is 12.1 Å². The zero-order valence-electron chi connectivity index (χ0n) is 9.91. The van der Waals surface area contributed by atoms with Crippen molar-refractivity contribution in [2.75, 3.05) is 11.4 Å². The lowest BCUT2D eigenvalue weighted by Gasteiger charge is -2.25. The van der Waals surface area contributed by atoms with Crippen LogP contribution in [-0.2, 0) is 0 Å². The van der Waals surface area contributed by atoms with Crippen molar-refractivity contribution in [1.82, 2.24) is 0 Å². The highest BCUT2D eigenvalue weighted by atomic mass is 35.5. The van der Waals surface area contributed by atoms with Gasteiger partial charge in [0.2, 0.25) is 0 Å². The van der Waals surface area contributed by atoms with Gasteiger partial charge >= 0.3 is 0 Å². The van der Waals surface area contributed by atoms with Crippen molar-refractivity contribution >= 4 is 17.3 Å². The molecule has 0 radical (unpaired) electrons. The summed E-state index contributed by atoms with van der Waals surface area (Å²) >= 11 is 6.02. The SMILES string of the molecule is C[C@H]1C(N=[N+]=[N-])CCN1c1ccc(C#N)c(Cl)c1. The molecule has 1 aliphatic heterocycles. The summed E-state index contributed by atoms with van der Waals surface area (Å²) in [6.07, 6.45) is 0.836. The Morgan fingerprint density at radius 2 is 2.39 bits per heavy atom. The Hall–Kier alpha value is -1.89. The van der Waals surface area contributed by atoms with Crippen LogP contribution < -0.4 is 4.90 Å². The Kier molecular flexibility index (Phi) is 3.61. The molecule has 1 saturated heterocycles. The number of azide groups is 1. The Morgan fingerprint density at radius 3 is 3.00 bits per heavy atom. The van der Waals surface area contributed by atoms with Crippen molar-refractivity contribution in [3.05, 3.63) is 39.2 Å². The van der Waals surface area contributed by atoms with Gasteiger partial charge in [0.15, 0.2) is 0 Å². The van der Waals surface area contributed by atoms with Crippen LogP contribution in [0.25, 0.3) is 10.4 Å². The van der Waals surface area contributed by atoms with Gasteiger partial charge in [0, 0.05) is 23.2 Å². The second-order valence-corrected chi connectivity index (χ2v) is 4.68. The molecule has 0 bridgehead atoms. The van der Waals surface area contributed by atoms with Crippen molar-refractivity contribution in [1.29, 1.82) is 5.26 Å². The number of benzene rings is 1. The average molecular weight is 262 g/mol. The van der Waals surface area contributed by atoms with E-state index in [0.717, 1.165) is 18.7 Å². The fourth-order valence-corrected chi connectivity index (χ4v) is 2.50. The fraction of sp³-hybridized carbons (Fsp3) is 0.417. The van der Waals surface area contributed by atoms with Crippen molar-refractivity contribution in [2.24, 2.45) is 5.11 Å². The van der Waals surface area contributed by atoms with Crippen molar-refractivity contribution in [3.8, 4) is 6.07 Å². The summed E-state index contributed by atoms with van der Waals surface area (Å²) in [5, 5.41) is 13.1. The van der Waals surface area contributed by atoms with Crippen LogP contribution in [-0.4, -0.2) is 18.6 Å². The minimum absolute atomic E-state index is 0.00980. The molecule has 1 unspecified atom stereocenters. The molecule has 1 heterocycles. The maximum atomic E-state index is 8.84. The highest BCUT2D eigenvalue weighted by Crippen LogP contribution is 2.30. The highest BCUT2D eigenvalue weighted by molar-refractivity contribution is 6.32. The van der Waals surface area contributed by atoms with Gasteiger partial charge < -0.3 is 4.90 Å². The van der Waals surface area contributed by atoms with Crippen molar-refractivity contribution in [2.45, 2.75) is 25.4 Å². The molecule has 18 heavy (non-hydrogen) atoms. The topological polar surface area (TPSA) is 75.8 Å². The van der Waals surface area contributed by atoms with Crippen LogP contribution in [0.1, 0.15) is 18.9 Å². The number of nitriles is 1. The van der Waals surface area contributed by atoms with Crippen molar-refractivity contribution < 1.29 is 0 Å². The molecule has 1 aromatic carbocycles. The molecule has 0 aromatic heterocycles. The molecule has 1 aliphatic rings. The molecule has 1 aromatic rings. The molecule has 1 fully saturated rings. The number of hydrogen-bond acceptors (Lipinski definition) is 3. The molecule has 92 valence electrons. The van der Waals surface area contributed by atoms with Crippen LogP contribution in [0, 0.1) is 11.3 Å². The number of anilines is 1. The van der Waals surface area contributed by atoms with Crippen molar-refractivity contribution in [3.63, 3.8) is 0 Å². The Bertz CT molecular complexity index is 544. The van der Waals surface area contributed by atoms with Gasteiger partial charge in [-0.3, -0.25) is 0 Å². The summed E-state index contributed by atoms with van der Waals surface area (Å²) in [6, 6.07) is 7.54. The first kappa shape index (κ1) is 12.6. The molecular weight excluding hydrogens is 250 g/mol. The third-order valence-corrected chi connectivity index (χ3v) is 3.63.